The van der Waals surface area contributed by atoms with Gasteiger partial charge in [0.1, 0.15) is 5.75 Å². The highest BCUT2D eigenvalue weighted by Gasteiger charge is 2.31. The van der Waals surface area contributed by atoms with Crippen molar-refractivity contribution in [3.63, 3.8) is 0 Å². The van der Waals surface area contributed by atoms with Crippen LogP contribution < -0.4 is 10.1 Å². The second-order valence-electron chi connectivity index (χ2n) is 5.86. The van der Waals surface area contributed by atoms with Gasteiger partial charge in [-0.15, -0.1) is 13.2 Å². The molecule has 7 heteroatoms. The number of hydrogen-bond donors (Lipinski definition) is 1. The fraction of sp³-hybridized carbons (Fsp3) is 0.333. The summed E-state index contributed by atoms with van der Waals surface area (Å²) in [5, 5.41) is 3.32. The van der Waals surface area contributed by atoms with Gasteiger partial charge in [0.05, 0.1) is 6.04 Å². The molecule has 2 aromatic rings. The van der Waals surface area contributed by atoms with Gasteiger partial charge in [-0.05, 0) is 35.4 Å². The van der Waals surface area contributed by atoms with Crippen LogP contribution >= 0.6 is 15.9 Å². The zero-order chi connectivity index (χ0) is 17.9. The summed E-state index contributed by atoms with van der Waals surface area (Å²) in [5.74, 6) is -0.203. The number of nitrogens with one attached hydrogen (secondary N) is 1. The highest BCUT2D eigenvalue weighted by molar-refractivity contribution is 9.10. The van der Waals surface area contributed by atoms with Crippen molar-refractivity contribution in [2.45, 2.75) is 12.4 Å². The first-order chi connectivity index (χ1) is 11.9. The number of alkyl halides is 3. The molecule has 1 aliphatic heterocycles. The molecule has 1 N–H and O–H groups in total. The van der Waals surface area contributed by atoms with Crippen molar-refractivity contribution in [2.24, 2.45) is 0 Å². The molecule has 2 aromatic carbocycles. The van der Waals surface area contributed by atoms with E-state index in [0.717, 1.165) is 41.8 Å². The molecule has 0 amide bonds. The Balaban J connectivity index is 1.89. The molecule has 1 saturated heterocycles. The largest absolute Gasteiger partial charge is 0.573 e. The minimum absolute atomic E-state index is 0.00450. The van der Waals surface area contributed by atoms with Gasteiger partial charge in [-0.3, -0.25) is 4.90 Å². The molecule has 3 rings (SSSR count). The number of piperazine rings is 1. The lowest BCUT2D eigenvalue weighted by molar-refractivity contribution is -0.274. The zero-order valence-electron chi connectivity index (χ0n) is 13.4. The number of ether oxygens (including phenoxy) is 1. The van der Waals surface area contributed by atoms with Crippen LogP contribution in [0, 0.1) is 0 Å². The normalized spacial score (nSPS) is 17.3. The molecule has 3 nitrogen and oxygen atoms in total. The van der Waals surface area contributed by atoms with Crippen LogP contribution in [0.1, 0.15) is 17.2 Å². The first kappa shape index (κ1) is 18.2. The molecule has 0 radical (unpaired) electrons. The number of rotatable bonds is 4. The van der Waals surface area contributed by atoms with E-state index in [0.29, 0.717) is 0 Å². The van der Waals surface area contributed by atoms with E-state index in [9.17, 15) is 13.2 Å². The summed E-state index contributed by atoms with van der Waals surface area (Å²) >= 11 is 3.44. The monoisotopic (exact) mass is 414 g/mol. The van der Waals surface area contributed by atoms with Gasteiger partial charge in [0, 0.05) is 30.7 Å². The van der Waals surface area contributed by atoms with Crippen molar-refractivity contribution in [2.75, 3.05) is 26.2 Å². The van der Waals surface area contributed by atoms with Gasteiger partial charge in [0.15, 0.2) is 0 Å². The number of nitrogens with zero attached hydrogens (tertiary/aromatic N) is 1. The van der Waals surface area contributed by atoms with E-state index in [1.165, 1.54) is 12.1 Å². The number of hydrogen-bond acceptors (Lipinski definition) is 3. The summed E-state index contributed by atoms with van der Waals surface area (Å²) in [6, 6.07) is 14.2. The van der Waals surface area contributed by atoms with Crippen LogP contribution in [0.4, 0.5) is 13.2 Å². The predicted molar refractivity (Wildman–Crippen MR) is 93.6 cm³/mol. The summed E-state index contributed by atoms with van der Waals surface area (Å²) in [6.07, 6.45) is -4.68. The van der Waals surface area contributed by atoms with Crippen LogP contribution in [-0.4, -0.2) is 37.4 Å². The molecule has 1 fully saturated rings. The smallest absolute Gasteiger partial charge is 0.406 e. The quantitative estimate of drug-likeness (QED) is 0.804. The molecule has 134 valence electrons. The van der Waals surface area contributed by atoms with E-state index in [-0.39, 0.29) is 11.8 Å². The Morgan fingerprint density at radius 1 is 0.920 bits per heavy atom. The Labute approximate surface area is 152 Å². The third kappa shape index (κ3) is 4.96. The molecule has 0 saturated carbocycles. The molecular weight excluding hydrogens is 397 g/mol. The van der Waals surface area contributed by atoms with Crippen molar-refractivity contribution in [3.05, 3.63) is 64.1 Å². The molecular formula is C18H18BrF3N2O. The van der Waals surface area contributed by atoms with Crippen LogP contribution in [0.3, 0.4) is 0 Å². The summed E-state index contributed by atoms with van der Waals surface area (Å²) in [7, 11) is 0. The van der Waals surface area contributed by atoms with E-state index in [2.05, 4.69) is 30.9 Å². The van der Waals surface area contributed by atoms with Crippen LogP contribution in [0.15, 0.2) is 53.0 Å². The zero-order valence-corrected chi connectivity index (χ0v) is 15.0. The van der Waals surface area contributed by atoms with E-state index in [1.54, 1.807) is 12.1 Å². The molecule has 0 aromatic heterocycles. The third-order valence-electron chi connectivity index (χ3n) is 4.13. The number of halogens is 4. The average Bonchev–Trinajstić information content (AvgIpc) is 2.58. The average molecular weight is 415 g/mol. The van der Waals surface area contributed by atoms with E-state index in [4.69, 9.17) is 0 Å². The van der Waals surface area contributed by atoms with Gasteiger partial charge in [-0.1, -0.05) is 40.2 Å². The lowest BCUT2D eigenvalue weighted by Crippen LogP contribution is -2.45. The van der Waals surface area contributed by atoms with Crippen LogP contribution in [0.2, 0.25) is 0 Å². The maximum absolute atomic E-state index is 12.4. The van der Waals surface area contributed by atoms with E-state index >= 15 is 0 Å². The summed E-state index contributed by atoms with van der Waals surface area (Å²) in [6.45, 7) is 3.54. The van der Waals surface area contributed by atoms with E-state index in [1.807, 2.05) is 24.3 Å². The highest BCUT2D eigenvalue weighted by Crippen LogP contribution is 2.32. The maximum atomic E-state index is 12.4. The molecule has 0 unspecified atom stereocenters. The molecule has 1 atom stereocenters. The Morgan fingerprint density at radius 2 is 1.44 bits per heavy atom. The molecule has 1 aliphatic rings. The first-order valence-corrected chi connectivity index (χ1v) is 8.78. The maximum Gasteiger partial charge on any atom is 0.573 e. The fourth-order valence-electron chi connectivity index (χ4n) is 3.05. The third-order valence-corrected chi connectivity index (χ3v) is 4.66. The topological polar surface area (TPSA) is 24.5 Å². The van der Waals surface area contributed by atoms with E-state index < -0.39 is 6.36 Å². The minimum Gasteiger partial charge on any atom is -0.406 e. The van der Waals surface area contributed by atoms with Gasteiger partial charge in [0.2, 0.25) is 0 Å². The lowest BCUT2D eigenvalue weighted by atomic mass is 9.96. The van der Waals surface area contributed by atoms with Crippen LogP contribution in [0.25, 0.3) is 0 Å². The summed E-state index contributed by atoms with van der Waals surface area (Å²) in [5.41, 5.74) is 2.05. The van der Waals surface area contributed by atoms with Gasteiger partial charge in [-0.2, -0.15) is 0 Å². The minimum atomic E-state index is -4.68. The van der Waals surface area contributed by atoms with Crippen molar-refractivity contribution >= 4 is 15.9 Å². The second-order valence-corrected chi connectivity index (χ2v) is 6.77. The van der Waals surface area contributed by atoms with Crippen molar-refractivity contribution in [3.8, 4) is 5.75 Å². The Kier molecular flexibility index (Phi) is 5.66. The Hall–Kier alpha value is -1.57. The van der Waals surface area contributed by atoms with Crippen molar-refractivity contribution in [1.82, 2.24) is 10.2 Å². The van der Waals surface area contributed by atoms with Crippen LogP contribution in [0.5, 0.6) is 5.75 Å². The Bertz CT molecular complexity index is 683. The molecule has 1 heterocycles. The van der Waals surface area contributed by atoms with Gasteiger partial charge in [-0.25, -0.2) is 0 Å². The van der Waals surface area contributed by atoms with Gasteiger partial charge in [0.25, 0.3) is 0 Å². The second kappa shape index (κ2) is 7.76. The lowest BCUT2D eigenvalue weighted by Gasteiger charge is -2.35. The van der Waals surface area contributed by atoms with Crippen LogP contribution in [-0.2, 0) is 0 Å². The SMILES string of the molecule is FC(F)(F)Oc1ccc([C@@H](c2ccc(Br)cc2)N2CCNCC2)cc1. The molecule has 0 spiro atoms. The summed E-state index contributed by atoms with van der Waals surface area (Å²) < 4.78 is 42.0. The van der Waals surface area contributed by atoms with Gasteiger partial charge >= 0.3 is 6.36 Å². The Morgan fingerprint density at radius 3 is 1.96 bits per heavy atom. The standard InChI is InChI=1S/C18H18BrF3N2O/c19-15-5-1-13(2-6-15)17(24-11-9-23-10-12-24)14-3-7-16(8-4-14)25-18(20,21)22/h1-8,17,23H,9-12H2/t17-/m1/s1. The van der Waals surface area contributed by atoms with Gasteiger partial charge < -0.3 is 10.1 Å². The highest BCUT2D eigenvalue weighted by atomic mass is 79.9. The predicted octanol–water partition coefficient (Wildman–Crippen LogP) is 4.34. The summed E-state index contributed by atoms with van der Waals surface area (Å²) in [4.78, 5) is 2.33. The van der Waals surface area contributed by atoms with Crippen molar-refractivity contribution < 1.29 is 17.9 Å². The molecule has 0 aliphatic carbocycles. The van der Waals surface area contributed by atoms with Crippen molar-refractivity contribution in [1.29, 1.82) is 0 Å². The fourth-order valence-corrected chi connectivity index (χ4v) is 3.32. The molecule has 0 bridgehead atoms. The first-order valence-electron chi connectivity index (χ1n) is 7.98. The molecule has 25 heavy (non-hydrogen) atoms. The number of benzene rings is 2.